The summed E-state index contributed by atoms with van der Waals surface area (Å²) in [6.45, 7) is 6.71. The van der Waals surface area contributed by atoms with E-state index in [1.807, 2.05) is 20.8 Å². The van der Waals surface area contributed by atoms with Crippen LogP contribution in [-0.4, -0.2) is 59.5 Å². The average molecular weight is 305 g/mol. The fourth-order valence-electron chi connectivity index (χ4n) is 2.33. The Bertz CT molecular complexity index is 355. The fourth-order valence-corrected chi connectivity index (χ4v) is 2.48. The van der Waals surface area contributed by atoms with Gasteiger partial charge in [0.15, 0.2) is 0 Å². The molecular formula is C14H25ClN2O3. The van der Waals surface area contributed by atoms with Crippen LogP contribution in [-0.2, 0) is 9.53 Å². The first-order valence-corrected chi connectivity index (χ1v) is 7.57. The number of carbonyl (C=O) groups is 2. The first kappa shape index (κ1) is 17.1. The van der Waals surface area contributed by atoms with Gasteiger partial charge in [-0.25, -0.2) is 4.79 Å². The molecule has 0 aromatic rings. The number of halogens is 1. The predicted octanol–water partition coefficient (Wildman–Crippen LogP) is 2.47. The molecule has 1 saturated heterocycles. The number of hydrogen-bond donors (Lipinski definition) is 0. The van der Waals surface area contributed by atoms with Crippen molar-refractivity contribution in [2.75, 3.05) is 26.0 Å². The number of amides is 2. The smallest absolute Gasteiger partial charge is 0.410 e. The lowest BCUT2D eigenvalue weighted by Gasteiger charge is -2.37. The molecule has 0 spiro atoms. The third-order valence-electron chi connectivity index (χ3n) is 3.25. The van der Waals surface area contributed by atoms with Crippen molar-refractivity contribution in [2.45, 2.75) is 51.7 Å². The van der Waals surface area contributed by atoms with Crippen LogP contribution >= 0.6 is 11.6 Å². The van der Waals surface area contributed by atoms with E-state index in [0.717, 1.165) is 25.8 Å². The van der Waals surface area contributed by atoms with E-state index in [4.69, 9.17) is 16.3 Å². The van der Waals surface area contributed by atoms with Gasteiger partial charge < -0.3 is 14.5 Å². The van der Waals surface area contributed by atoms with E-state index in [0.29, 0.717) is 6.54 Å². The van der Waals surface area contributed by atoms with E-state index >= 15 is 0 Å². The lowest BCUT2D eigenvalue weighted by Crippen LogP contribution is -2.50. The predicted molar refractivity (Wildman–Crippen MR) is 78.9 cm³/mol. The molecular weight excluding hydrogens is 280 g/mol. The maximum Gasteiger partial charge on any atom is 0.410 e. The molecule has 2 amide bonds. The third-order valence-corrected chi connectivity index (χ3v) is 3.48. The maximum absolute atomic E-state index is 12.0. The summed E-state index contributed by atoms with van der Waals surface area (Å²) in [5.74, 6) is -0.0684. The van der Waals surface area contributed by atoms with Gasteiger partial charge in [-0.1, -0.05) is 0 Å². The highest BCUT2D eigenvalue weighted by atomic mass is 35.5. The average Bonchev–Trinajstić information content (AvgIpc) is 2.36. The number of nitrogens with zero attached hydrogens (tertiary/aromatic N) is 2. The Balaban J connectivity index is 2.60. The molecule has 0 aliphatic carbocycles. The number of alkyl halides is 1. The zero-order chi connectivity index (χ0) is 15.3. The van der Waals surface area contributed by atoms with Gasteiger partial charge in [-0.2, -0.15) is 0 Å². The highest BCUT2D eigenvalue weighted by Gasteiger charge is 2.29. The quantitative estimate of drug-likeness (QED) is 0.753. The summed E-state index contributed by atoms with van der Waals surface area (Å²) in [4.78, 5) is 27.1. The summed E-state index contributed by atoms with van der Waals surface area (Å²) in [6, 6.07) is 0.0347. The van der Waals surface area contributed by atoms with Gasteiger partial charge in [-0.15, -0.1) is 11.6 Å². The molecule has 1 fully saturated rings. The van der Waals surface area contributed by atoms with Gasteiger partial charge in [-0.05, 0) is 40.0 Å². The monoisotopic (exact) mass is 304 g/mol. The van der Waals surface area contributed by atoms with Gasteiger partial charge in [0.1, 0.15) is 11.5 Å². The van der Waals surface area contributed by atoms with Gasteiger partial charge >= 0.3 is 6.09 Å². The normalized spacial score (nSPS) is 19.6. The summed E-state index contributed by atoms with van der Waals surface area (Å²) in [7, 11) is 1.70. The van der Waals surface area contributed by atoms with Gasteiger partial charge in [0, 0.05) is 26.2 Å². The van der Waals surface area contributed by atoms with Crippen molar-refractivity contribution in [1.82, 2.24) is 9.80 Å². The van der Waals surface area contributed by atoms with Crippen LogP contribution in [0.2, 0.25) is 0 Å². The maximum atomic E-state index is 12.0. The van der Waals surface area contributed by atoms with Crippen molar-refractivity contribution in [3.05, 3.63) is 0 Å². The van der Waals surface area contributed by atoms with Crippen molar-refractivity contribution in [1.29, 1.82) is 0 Å². The van der Waals surface area contributed by atoms with Crippen LogP contribution in [0.4, 0.5) is 4.79 Å². The van der Waals surface area contributed by atoms with Crippen LogP contribution in [0.15, 0.2) is 0 Å². The molecule has 0 aromatic carbocycles. The second-order valence-electron chi connectivity index (χ2n) is 6.23. The molecule has 0 N–H and O–H groups in total. The lowest BCUT2D eigenvalue weighted by atomic mass is 10.0. The number of hydrogen-bond acceptors (Lipinski definition) is 3. The minimum absolute atomic E-state index is 0.00729. The topological polar surface area (TPSA) is 49.9 Å². The first-order valence-electron chi connectivity index (χ1n) is 7.04. The van der Waals surface area contributed by atoms with Crippen molar-refractivity contribution in [2.24, 2.45) is 0 Å². The second kappa shape index (κ2) is 7.16. The van der Waals surface area contributed by atoms with Crippen LogP contribution in [0.5, 0.6) is 0 Å². The molecule has 116 valence electrons. The van der Waals surface area contributed by atoms with E-state index < -0.39 is 5.60 Å². The van der Waals surface area contributed by atoms with Gasteiger partial charge in [-0.3, -0.25) is 4.79 Å². The molecule has 0 unspecified atom stereocenters. The van der Waals surface area contributed by atoms with Crippen molar-refractivity contribution in [3.63, 3.8) is 0 Å². The Morgan fingerprint density at radius 1 is 1.35 bits per heavy atom. The minimum Gasteiger partial charge on any atom is -0.444 e. The highest BCUT2D eigenvalue weighted by molar-refractivity contribution is 6.27. The van der Waals surface area contributed by atoms with Crippen LogP contribution in [0, 0.1) is 0 Å². The highest BCUT2D eigenvalue weighted by Crippen LogP contribution is 2.19. The Labute approximate surface area is 126 Å². The Morgan fingerprint density at radius 3 is 2.55 bits per heavy atom. The zero-order valence-corrected chi connectivity index (χ0v) is 13.6. The fraction of sp³-hybridized carbons (Fsp3) is 0.857. The summed E-state index contributed by atoms with van der Waals surface area (Å²) >= 11 is 5.64. The van der Waals surface area contributed by atoms with E-state index in [2.05, 4.69) is 0 Å². The zero-order valence-electron chi connectivity index (χ0n) is 12.8. The summed E-state index contributed by atoms with van der Waals surface area (Å²) in [6.07, 6.45) is 2.60. The van der Waals surface area contributed by atoms with Crippen LogP contribution in [0.1, 0.15) is 40.0 Å². The van der Waals surface area contributed by atoms with Gasteiger partial charge in [0.05, 0.1) is 0 Å². The number of rotatable bonds is 3. The van der Waals surface area contributed by atoms with Gasteiger partial charge in [0.2, 0.25) is 5.91 Å². The SMILES string of the molecule is CN(C[C@@H]1CCCCN1C(=O)CCl)C(=O)OC(C)(C)C. The van der Waals surface area contributed by atoms with Crippen LogP contribution < -0.4 is 0 Å². The van der Waals surface area contributed by atoms with E-state index in [1.54, 1.807) is 11.9 Å². The van der Waals surface area contributed by atoms with Crippen molar-refractivity contribution < 1.29 is 14.3 Å². The summed E-state index contributed by atoms with van der Waals surface area (Å²) < 4.78 is 5.32. The molecule has 1 aliphatic heterocycles. The van der Waals surface area contributed by atoms with E-state index in [1.165, 1.54) is 4.90 Å². The number of piperidine rings is 1. The summed E-state index contributed by atoms with van der Waals surface area (Å²) in [5, 5.41) is 0. The number of carbonyl (C=O) groups excluding carboxylic acids is 2. The Hall–Kier alpha value is -0.970. The van der Waals surface area contributed by atoms with Crippen LogP contribution in [0.25, 0.3) is 0 Å². The molecule has 0 radical (unpaired) electrons. The largest absolute Gasteiger partial charge is 0.444 e. The molecule has 1 atom stereocenters. The lowest BCUT2D eigenvalue weighted by molar-refractivity contribution is -0.132. The number of likely N-dealkylation sites (tertiary alicyclic amines) is 1. The summed E-state index contributed by atoms with van der Waals surface area (Å²) in [5.41, 5.74) is -0.510. The molecule has 1 rings (SSSR count). The van der Waals surface area contributed by atoms with Gasteiger partial charge in [0.25, 0.3) is 0 Å². The molecule has 1 heterocycles. The number of likely N-dealkylation sites (N-methyl/N-ethyl adjacent to an activating group) is 1. The molecule has 5 nitrogen and oxygen atoms in total. The molecule has 0 saturated carbocycles. The Morgan fingerprint density at radius 2 is 2.00 bits per heavy atom. The molecule has 0 aromatic heterocycles. The number of ether oxygens (including phenoxy) is 1. The third kappa shape index (κ3) is 5.19. The van der Waals surface area contributed by atoms with Crippen LogP contribution in [0.3, 0.4) is 0 Å². The Kier molecular flexibility index (Phi) is 6.11. The van der Waals surface area contributed by atoms with Crippen molar-refractivity contribution in [3.8, 4) is 0 Å². The minimum atomic E-state index is -0.510. The van der Waals surface area contributed by atoms with Crippen molar-refractivity contribution >= 4 is 23.6 Å². The standard InChI is InChI=1S/C14H25ClN2O3/c1-14(2,3)20-13(19)16(4)10-11-7-5-6-8-17(11)12(18)9-15/h11H,5-10H2,1-4H3/t11-/m0/s1. The molecule has 0 bridgehead atoms. The second-order valence-corrected chi connectivity index (χ2v) is 6.50. The van der Waals surface area contributed by atoms with E-state index in [-0.39, 0.29) is 23.9 Å². The molecule has 1 aliphatic rings. The first-order chi connectivity index (χ1) is 9.24. The van der Waals surface area contributed by atoms with E-state index in [9.17, 15) is 9.59 Å². The molecule has 20 heavy (non-hydrogen) atoms. The molecule has 6 heteroatoms.